The van der Waals surface area contributed by atoms with Crippen LogP contribution in [0.5, 0.6) is 0 Å². The van der Waals surface area contributed by atoms with E-state index in [4.69, 9.17) is 55.3 Å². The molecule has 0 radical (unpaired) electrons. The summed E-state index contributed by atoms with van der Waals surface area (Å²) in [6.45, 7) is 0.735. The number of rotatable bonds is 6. The van der Waals surface area contributed by atoms with Crippen LogP contribution in [0.1, 0.15) is 25.7 Å². The average molecular weight is 554 g/mol. The highest BCUT2D eigenvalue weighted by atomic mass is 19.1. The number of halogens is 1. The molecule has 0 spiro atoms. The van der Waals surface area contributed by atoms with Gasteiger partial charge in [0.25, 0.3) is 0 Å². The van der Waals surface area contributed by atoms with E-state index in [-0.39, 0.29) is 45.1 Å². The molecule has 0 bridgehead atoms. The van der Waals surface area contributed by atoms with Gasteiger partial charge in [-0.15, -0.1) is 0 Å². The van der Waals surface area contributed by atoms with Crippen molar-refractivity contribution in [2.45, 2.75) is 80.8 Å². The average Bonchev–Trinajstić information content (AvgIpc) is 2.94. The lowest BCUT2D eigenvalue weighted by molar-refractivity contribution is -0.264. The molecule has 37 heavy (non-hydrogen) atoms. The van der Waals surface area contributed by atoms with E-state index < -0.39 is 42.9 Å². The van der Waals surface area contributed by atoms with Crippen LogP contribution in [-0.4, -0.2) is 162 Å². The van der Waals surface area contributed by atoms with Crippen LogP contribution in [0.2, 0.25) is 0 Å². The molecular weight excluding hydrogens is 505 g/mol. The van der Waals surface area contributed by atoms with Gasteiger partial charge in [0.15, 0.2) is 6.29 Å². The van der Waals surface area contributed by atoms with E-state index in [1.807, 2.05) is 0 Å². The third-order valence-corrected chi connectivity index (χ3v) is 5.31. The molecule has 226 valence electrons. The van der Waals surface area contributed by atoms with Gasteiger partial charge in [-0.3, -0.25) is 4.39 Å². The minimum absolute atomic E-state index is 0.0935. The normalized spacial score (nSPS) is 35.1. The summed E-state index contributed by atoms with van der Waals surface area (Å²) in [6.07, 6.45) is -4.02. The first-order valence-electron chi connectivity index (χ1n) is 12.0. The van der Waals surface area contributed by atoms with Crippen LogP contribution in [0.25, 0.3) is 0 Å². The van der Waals surface area contributed by atoms with Gasteiger partial charge in [-0.2, -0.15) is 0 Å². The van der Waals surface area contributed by atoms with Crippen molar-refractivity contribution in [3.05, 3.63) is 0 Å². The monoisotopic (exact) mass is 553 g/mol. The van der Waals surface area contributed by atoms with Crippen LogP contribution in [-0.2, 0) is 18.9 Å². The van der Waals surface area contributed by atoms with E-state index >= 15 is 0 Å². The fourth-order valence-electron chi connectivity index (χ4n) is 3.28. The quantitative estimate of drug-likeness (QED) is 0.151. The highest BCUT2D eigenvalue weighted by Crippen LogP contribution is 2.22. The SMILES string of the molecule is CF.CO.NCCO.OCC1CC(O)C(O)CO1.OCC1O[C@H](OCC2CCC(O)CO2)CC(O)[C@@H]1O. The van der Waals surface area contributed by atoms with Gasteiger partial charge in [-0.1, -0.05) is 0 Å². The fourth-order valence-corrected chi connectivity index (χ4v) is 3.28. The third-order valence-electron chi connectivity index (χ3n) is 5.31. The molecule has 3 fully saturated rings. The zero-order valence-electron chi connectivity index (χ0n) is 21.6. The second kappa shape index (κ2) is 24.4. The van der Waals surface area contributed by atoms with Gasteiger partial charge in [0, 0.05) is 26.5 Å². The Balaban J connectivity index is 0. The topological polar surface area (TPSA) is 245 Å². The van der Waals surface area contributed by atoms with Crippen molar-refractivity contribution in [1.29, 1.82) is 0 Å². The zero-order chi connectivity index (χ0) is 28.8. The number of alkyl halides is 1. The maximum absolute atomic E-state index is 9.64. The lowest BCUT2D eigenvalue weighted by atomic mass is 10.0. The molecule has 3 aliphatic rings. The van der Waals surface area contributed by atoms with Crippen LogP contribution >= 0.6 is 0 Å². The van der Waals surface area contributed by atoms with E-state index in [9.17, 15) is 19.7 Å². The molecule has 11 N–H and O–H groups in total. The molecule has 0 aliphatic carbocycles. The van der Waals surface area contributed by atoms with E-state index in [0.29, 0.717) is 46.2 Å². The van der Waals surface area contributed by atoms with Gasteiger partial charge >= 0.3 is 0 Å². The van der Waals surface area contributed by atoms with Crippen molar-refractivity contribution in [2.75, 3.05) is 60.5 Å². The molecule has 0 aromatic rings. The van der Waals surface area contributed by atoms with Crippen LogP contribution in [0.15, 0.2) is 0 Å². The first-order chi connectivity index (χ1) is 17.7. The van der Waals surface area contributed by atoms with Crippen LogP contribution in [0.4, 0.5) is 4.39 Å². The number of hydrogen-bond acceptors (Lipinski definition) is 14. The van der Waals surface area contributed by atoms with Crippen molar-refractivity contribution in [3.63, 3.8) is 0 Å². The van der Waals surface area contributed by atoms with Crippen molar-refractivity contribution >= 4 is 0 Å². The molecule has 9 atom stereocenters. The van der Waals surface area contributed by atoms with Gasteiger partial charge in [-0.25, -0.2) is 0 Å². The Hall–Kier alpha value is -0.630. The molecule has 0 aromatic heterocycles. The van der Waals surface area contributed by atoms with Gasteiger partial charge in [-0.05, 0) is 12.8 Å². The van der Waals surface area contributed by atoms with Crippen LogP contribution < -0.4 is 5.73 Å². The van der Waals surface area contributed by atoms with Gasteiger partial charge in [0.05, 0.1) is 77.3 Å². The predicted octanol–water partition coefficient (Wildman–Crippen LogP) is -4.01. The van der Waals surface area contributed by atoms with Gasteiger partial charge in [0.1, 0.15) is 18.3 Å². The Kier molecular flexibility index (Phi) is 25.4. The first-order valence-corrected chi connectivity index (χ1v) is 12.0. The van der Waals surface area contributed by atoms with Crippen molar-refractivity contribution in [3.8, 4) is 0 Å². The largest absolute Gasteiger partial charge is 0.400 e. The Bertz CT molecular complexity index is 489. The zero-order valence-corrected chi connectivity index (χ0v) is 21.6. The molecule has 3 rings (SSSR count). The van der Waals surface area contributed by atoms with E-state index in [2.05, 4.69) is 0 Å². The van der Waals surface area contributed by atoms with Crippen LogP contribution in [0, 0.1) is 0 Å². The Morgan fingerprint density at radius 1 is 0.811 bits per heavy atom. The third kappa shape index (κ3) is 16.8. The lowest BCUT2D eigenvalue weighted by Crippen LogP contribution is -2.51. The first kappa shape index (κ1) is 38.5. The van der Waals surface area contributed by atoms with Crippen molar-refractivity contribution < 1.29 is 69.3 Å². The van der Waals surface area contributed by atoms with E-state index in [1.54, 1.807) is 0 Å². The summed E-state index contributed by atoms with van der Waals surface area (Å²) >= 11 is 0. The minimum Gasteiger partial charge on any atom is -0.400 e. The molecular formula is C22H48FNO13. The highest BCUT2D eigenvalue weighted by Gasteiger charge is 2.37. The second-order valence-electron chi connectivity index (χ2n) is 8.12. The van der Waals surface area contributed by atoms with E-state index in [0.717, 1.165) is 7.11 Å². The minimum atomic E-state index is -1.09. The number of ether oxygens (including phenoxy) is 4. The highest BCUT2D eigenvalue weighted by molar-refractivity contribution is 4.82. The Morgan fingerprint density at radius 2 is 1.41 bits per heavy atom. The molecule has 15 heteroatoms. The van der Waals surface area contributed by atoms with Gasteiger partial charge < -0.3 is 70.6 Å². The maximum atomic E-state index is 9.64. The summed E-state index contributed by atoms with van der Waals surface area (Å²) in [5, 5.41) is 78.8. The molecule has 14 nitrogen and oxygen atoms in total. The van der Waals surface area contributed by atoms with Crippen molar-refractivity contribution in [2.24, 2.45) is 5.73 Å². The smallest absolute Gasteiger partial charge is 0.160 e. The summed E-state index contributed by atoms with van der Waals surface area (Å²) in [6, 6.07) is 0. The van der Waals surface area contributed by atoms with Crippen LogP contribution in [0.3, 0.4) is 0 Å². The Labute approximate surface area is 217 Å². The second-order valence-corrected chi connectivity index (χ2v) is 8.12. The summed E-state index contributed by atoms with van der Waals surface area (Å²) in [7, 11) is 1.50. The lowest BCUT2D eigenvalue weighted by Gasteiger charge is -2.37. The number of aliphatic hydroxyl groups excluding tert-OH is 9. The molecule has 0 aromatic carbocycles. The fraction of sp³-hybridized carbons (Fsp3) is 1.00. The van der Waals surface area contributed by atoms with Crippen molar-refractivity contribution in [1.82, 2.24) is 0 Å². The summed E-state index contributed by atoms with van der Waals surface area (Å²) in [5.74, 6) is 0. The molecule has 0 saturated carbocycles. The summed E-state index contributed by atoms with van der Waals surface area (Å²) < 4.78 is 30.7. The predicted molar refractivity (Wildman–Crippen MR) is 128 cm³/mol. The molecule has 3 aliphatic heterocycles. The molecule has 7 unspecified atom stereocenters. The molecule has 3 heterocycles. The summed E-state index contributed by atoms with van der Waals surface area (Å²) in [4.78, 5) is 0. The number of hydrogen-bond donors (Lipinski definition) is 10. The molecule has 3 saturated heterocycles. The molecule has 0 amide bonds. The van der Waals surface area contributed by atoms with Gasteiger partial charge in [0.2, 0.25) is 0 Å². The number of aliphatic hydroxyl groups is 9. The number of nitrogens with two attached hydrogens (primary N) is 1. The van der Waals surface area contributed by atoms with E-state index in [1.165, 1.54) is 0 Å². The summed E-state index contributed by atoms with van der Waals surface area (Å²) in [5.41, 5.74) is 4.78. The standard InChI is InChI=1S/C12H22O7.C6H12O4.C2H7NO.CH3F.CH4O/c13-4-10-12(16)9(15)3-11(19-10)18-6-8-2-1-7(14)5-17-8;7-2-4-1-5(8)6(9)3-10-4;3-1-2-4;2*1-2/h7-16H,1-6H2;4-9H,1-3H2;4H,1-3H2;1H3;2H,1H3/t7?,8?,9?,10?,11-,12-;;;;/m0..../s1. The Morgan fingerprint density at radius 3 is 1.86 bits per heavy atom. The maximum Gasteiger partial charge on any atom is 0.160 e.